The van der Waals surface area contributed by atoms with Gasteiger partial charge >= 0.3 is 0 Å². The fourth-order valence-electron chi connectivity index (χ4n) is 1.41. The molecule has 0 aliphatic carbocycles. The van der Waals surface area contributed by atoms with E-state index in [1.807, 2.05) is 0 Å². The van der Waals surface area contributed by atoms with E-state index in [-0.39, 0.29) is 11.3 Å². The van der Waals surface area contributed by atoms with Gasteiger partial charge in [-0.15, -0.1) is 0 Å². The average molecular weight is 312 g/mol. The van der Waals surface area contributed by atoms with Crippen LogP contribution in [0.15, 0.2) is 32.1 Å². The van der Waals surface area contributed by atoms with Crippen LogP contribution in [-0.4, -0.2) is 15.6 Å². The highest BCUT2D eigenvalue weighted by Gasteiger charge is 2.12. The Morgan fingerprint density at radius 1 is 1.50 bits per heavy atom. The lowest BCUT2D eigenvalue weighted by Gasteiger charge is -2.05. The van der Waals surface area contributed by atoms with E-state index in [4.69, 9.17) is 4.52 Å². The predicted molar refractivity (Wildman–Crippen MR) is 68.6 cm³/mol. The number of rotatable bonds is 2. The van der Waals surface area contributed by atoms with E-state index in [0.29, 0.717) is 15.9 Å². The number of halogens is 1. The van der Waals surface area contributed by atoms with Crippen molar-refractivity contribution in [1.82, 2.24) is 9.72 Å². The van der Waals surface area contributed by atoms with Crippen LogP contribution in [-0.2, 0) is 7.05 Å². The smallest absolute Gasteiger partial charge is 0.277 e. The molecule has 0 aliphatic rings. The molecule has 0 unspecified atom stereocenters. The van der Waals surface area contributed by atoms with Crippen molar-refractivity contribution in [3.63, 3.8) is 0 Å². The number of aryl methyl sites for hydroxylation is 2. The first-order chi connectivity index (χ1) is 8.47. The van der Waals surface area contributed by atoms with Gasteiger partial charge in [-0.1, -0.05) is 5.16 Å². The van der Waals surface area contributed by atoms with E-state index < -0.39 is 5.91 Å². The molecule has 0 radical (unpaired) electrons. The second-order valence-corrected chi connectivity index (χ2v) is 4.62. The van der Waals surface area contributed by atoms with Crippen molar-refractivity contribution in [3.8, 4) is 0 Å². The van der Waals surface area contributed by atoms with Gasteiger partial charge in [0.2, 0.25) is 0 Å². The first-order valence-corrected chi connectivity index (χ1v) is 5.87. The number of carbonyl (C=O) groups is 1. The first-order valence-electron chi connectivity index (χ1n) is 5.08. The topological polar surface area (TPSA) is 77.1 Å². The summed E-state index contributed by atoms with van der Waals surface area (Å²) in [6.45, 7) is 1.70. The maximum Gasteiger partial charge on any atom is 0.277 e. The molecule has 0 bridgehead atoms. The van der Waals surface area contributed by atoms with Crippen molar-refractivity contribution in [2.75, 3.05) is 5.32 Å². The van der Waals surface area contributed by atoms with Gasteiger partial charge in [-0.2, -0.15) is 0 Å². The minimum absolute atomic E-state index is 0.176. The molecule has 6 nitrogen and oxygen atoms in total. The van der Waals surface area contributed by atoms with Crippen molar-refractivity contribution >= 4 is 27.5 Å². The van der Waals surface area contributed by atoms with Crippen LogP contribution < -0.4 is 10.9 Å². The number of hydrogen-bond acceptors (Lipinski definition) is 4. The van der Waals surface area contributed by atoms with Gasteiger partial charge in [-0.3, -0.25) is 9.59 Å². The molecular weight excluding hydrogens is 302 g/mol. The zero-order chi connectivity index (χ0) is 13.3. The molecule has 0 atom stereocenters. The molecule has 1 amide bonds. The number of carbonyl (C=O) groups excluding carboxylic acids is 1. The lowest BCUT2D eigenvalue weighted by atomic mass is 10.3. The quantitative estimate of drug-likeness (QED) is 0.915. The average Bonchev–Trinajstić information content (AvgIpc) is 2.72. The Hall–Kier alpha value is -1.89. The third kappa shape index (κ3) is 2.51. The Bertz CT molecular complexity index is 634. The number of hydrogen-bond donors (Lipinski definition) is 1. The summed E-state index contributed by atoms with van der Waals surface area (Å²) in [5.41, 5.74) is 0.511. The van der Waals surface area contributed by atoms with Crippen LogP contribution >= 0.6 is 15.9 Å². The highest BCUT2D eigenvalue weighted by atomic mass is 79.9. The van der Waals surface area contributed by atoms with Gasteiger partial charge in [-0.05, 0) is 28.9 Å². The van der Waals surface area contributed by atoms with Crippen molar-refractivity contribution < 1.29 is 9.32 Å². The van der Waals surface area contributed by atoms with Crippen LogP contribution in [0.2, 0.25) is 0 Å². The van der Waals surface area contributed by atoms with E-state index in [9.17, 15) is 9.59 Å². The highest BCUT2D eigenvalue weighted by Crippen LogP contribution is 2.13. The Kier molecular flexibility index (Phi) is 3.33. The molecule has 0 aromatic carbocycles. The van der Waals surface area contributed by atoms with Gasteiger partial charge < -0.3 is 14.4 Å². The molecule has 2 aromatic heterocycles. The largest absolute Gasteiger partial charge is 0.361 e. The number of anilines is 1. The van der Waals surface area contributed by atoms with Crippen LogP contribution in [0, 0.1) is 6.92 Å². The van der Waals surface area contributed by atoms with E-state index in [1.54, 1.807) is 14.0 Å². The van der Waals surface area contributed by atoms with Gasteiger partial charge in [0, 0.05) is 19.3 Å². The fraction of sp³-hybridized carbons (Fsp3) is 0.182. The summed E-state index contributed by atoms with van der Waals surface area (Å²) in [5, 5.41) is 6.24. The monoisotopic (exact) mass is 311 g/mol. The number of nitrogens with one attached hydrogen (secondary N) is 1. The van der Waals surface area contributed by atoms with Gasteiger partial charge in [0.1, 0.15) is 5.76 Å². The Labute approximate surface area is 111 Å². The van der Waals surface area contributed by atoms with Crippen molar-refractivity contribution in [1.29, 1.82) is 0 Å². The third-order valence-electron chi connectivity index (χ3n) is 2.26. The highest BCUT2D eigenvalue weighted by molar-refractivity contribution is 9.10. The second kappa shape index (κ2) is 4.77. The third-order valence-corrected chi connectivity index (χ3v) is 2.83. The predicted octanol–water partition coefficient (Wildman–Crippen LogP) is 1.70. The van der Waals surface area contributed by atoms with Gasteiger partial charge in [0.15, 0.2) is 5.69 Å². The lowest BCUT2D eigenvalue weighted by molar-refractivity contribution is 0.101. The van der Waals surface area contributed by atoms with Crippen LogP contribution in [0.25, 0.3) is 0 Å². The SMILES string of the molecule is Cc1cc(C(=O)Nc2cc(Br)c(=O)n(C)c2)no1. The lowest BCUT2D eigenvalue weighted by Crippen LogP contribution is -2.19. The summed E-state index contributed by atoms with van der Waals surface area (Å²) >= 11 is 3.13. The summed E-state index contributed by atoms with van der Waals surface area (Å²) in [6, 6.07) is 3.07. The number of amides is 1. The van der Waals surface area contributed by atoms with Crippen LogP contribution in [0.4, 0.5) is 5.69 Å². The molecule has 2 rings (SSSR count). The van der Waals surface area contributed by atoms with Crippen molar-refractivity contribution in [2.24, 2.45) is 7.05 Å². The molecule has 0 spiro atoms. The van der Waals surface area contributed by atoms with E-state index >= 15 is 0 Å². The Morgan fingerprint density at radius 3 is 2.78 bits per heavy atom. The van der Waals surface area contributed by atoms with Crippen molar-refractivity contribution in [2.45, 2.75) is 6.92 Å². The second-order valence-electron chi connectivity index (χ2n) is 3.77. The summed E-state index contributed by atoms with van der Waals surface area (Å²) in [5.74, 6) is 0.166. The summed E-state index contributed by atoms with van der Waals surface area (Å²) in [4.78, 5) is 23.3. The molecule has 0 fully saturated rings. The van der Waals surface area contributed by atoms with Gasteiger partial charge in [0.25, 0.3) is 11.5 Å². The molecule has 0 saturated carbocycles. The van der Waals surface area contributed by atoms with E-state index in [1.165, 1.54) is 22.9 Å². The molecule has 0 aliphatic heterocycles. The first kappa shape index (κ1) is 12.6. The molecule has 2 aromatic rings. The van der Waals surface area contributed by atoms with Crippen LogP contribution in [0.3, 0.4) is 0 Å². The van der Waals surface area contributed by atoms with Gasteiger partial charge in [0.05, 0.1) is 10.2 Å². The summed E-state index contributed by atoms with van der Waals surface area (Å²) in [7, 11) is 1.60. The van der Waals surface area contributed by atoms with Crippen molar-refractivity contribution in [3.05, 3.63) is 44.6 Å². The summed E-state index contributed by atoms with van der Waals surface area (Å²) in [6.07, 6.45) is 1.53. The standard InChI is InChI=1S/C11H10BrN3O3/c1-6-3-9(14-18-6)10(16)13-7-4-8(12)11(17)15(2)5-7/h3-5H,1-2H3,(H,13,16). The maximum atomic E-state index is 11.8. The zero-order valence-electron chi connectivity index (χ0n) is 9.73. The van der Waals surface area contributed by atoms with E-state index in [2.05, 4.69) is 26.4 Å². The number of pyridine rings is 1. The molecule has 94 valence electrons. The maximum absolute atomic E-state index is 11.8. The molecule has 0 saturated heterocycles. The Morgan fingerprint density at radius 2 is 2.22 bits per heavy atom. The molecular formula is C11H10BrN3O3. The molecule has 7 heteroatoms. The number of nitrogens with zero attached hydrogens (tertiary/aromatic N) is 2. The minimum Gasteiger partial charge on any atom is -0.361 e. The summed E-state index contributed by atoms with van der Waals surface area (Å²) < 4.78 is 6.56. The molecule has 2 heterocycles. The van der Waals surface area contributed by atoms with Crippen LogP contribution in [0.1, 0.15) is 16.2 Å². The molecule has 18 heavy (non-hydrogen) atoms. The van der Waals surface area contributed by atoms with E-state index in [0.717, 1.165) is 0 Å². The normalized spacial score (nSPS) is 10.4. The minimum atomic E-state index is -0.391. The molecule has 1 N–H and O–H groups in total. The van der Waals surface area contributed by atoms with Gasteiger partial charge in [-0.25, -0.2) is 0 Å². The fourth-order valence-corrected chi connectivity index (χ4v) is 1.93. The zero-order valence-corrected chi connectivity index (χ0v) is 11.3. The van der Waals surface area contributed by atoms with Crippen LogP contribution in [0.5, 0.6) is 0 Å². The number of aromatic nitrogens is 2. The Balaban J connectivity index is 2.25.